The Morgan fingerprint density at radius 2 is 2.00 bits per heavy atom. The number of carbonyl (C=O) groups is 1. The molecule has 1 aromatic heterocycles. The highest BCUT2D eigenvalue weighted by molar-refractivity contribution is 7.14. The second kappa shape index (κ2) is 7.63. The van der Waals surface area contributed by atoms with Crippen LogP contribution in [0.3, 0.4) is 0 Å². The molecular weight excluding hydrogens is 282 g/mol. The minimum atomic E-state index is -0.126. The molecular formula is C17H17NO2S. The summed E-state index contributed by atoms with van der Waals surface area (Å²) in [5.41, 5.74) is 2.03. The first-order chi connectivity index (χ1) is 10.2. The number of hydrogen-bond acceptors (Lipinski definition) is 3. The van der Waals surface area contributed by atoms with Gasteiger partial charge in [0.25, 0.3) is 5.91 Å². The zero-order valence-corrected chi connectivity index (χ0v) is 12.7. The Morgan fingerprint density at radius 1 is 1.24 bits per heavy atom. The smallest absolute Gasteiger partial charge is 0.265 e. The molecule has 0 aliphatic heterocycles. The number of carbonyl (C=O) groups excluding carboxylic acids is 1. The molecule has 0 saturated heterocycles. The third kappa shape index (κ3) is 4.45. The molecule has 2 aromatic rings. The molecule has 0 unspecified atom stereocenters. The maximum atomic E-state index is 12.1. The Hall–Kier alpha value is -2.09. The van der Waals surface area contributed by atoms with E-state index in [1.807, 2.05) is 30.3 Å². The van der Waals surface area contributed by atoms with Crippen molar-refractivity contribution >= 4 is 22.9 Å². The summed E-state index contributed by atoms with van der Waals surface area (Å²) in [7, 11) is 0. The molecule has 0 radical (unpaired) electrons. The Balaban J connectivity index is 2.01. The average Bonchev–Trinajstić information content (AvgIpc) is 2.97. The first-order valence-electron chi connectivity index (χ1n) is 6.82. The Bertz CT molecular complexity index is 662. The molecule has 2 N–H and O–H groups in total. The third-order valence-electron chi connectivity index (χ3n) is 2.90. The van der Waals surface area contributed by atoms with Crippen LogP contribution in [0.1, 0.15) is 33.5 Å². The van der Waals surface area contributed by atoms with E-state index < -0.39 is 0 Å². The lowest BCUT2D eigenvalue weighted by atomic mass is 10.1. The molecule has 0 aliphatic carbocycles. The van der Waals surface area contributed by atoms with Crippen molar-refractivity contribution in [1.29, 1.82) is 0 Å². The van der Waals surface area contributed by atoms with E-state index in [0.29, 0.717) is 11.3 Å². The van der Waals surface area contributed by atoms with Crippen molar-refractivity contribution in [1.82, 2.24) is 0 Å². The maximum absolute atomic E-state index is 12.1. The minimum Gasteiger partial charge on any atom is -0.395 e. The zero-order chi connectivity index (χ0) is 15.1. The summed E-state index contributed by atoms with van der Waals surface area (Å²) in [5, 5.41) is 11.5. The lowest BCUT2D eigenvalue weighted by molar-refractivity contribution is 0.103. The number of rotatable bonds is 4. The summed E-state index contributed by atoms with van der Waals surface area (Å²) in [6, 6.07) is 11.4. The minimum absolute atomic E-state index is 0.0550. The van der Waals surface area contributed by atoms with E-state index in [-0.39, 0.29) is 12.5 Å². The van der Waals surface area contributed by atoms with E-state index >= 15 is 0 Å². The molecule has 0 atom stereocenters. The molecule has 2 rings (SSSR count). The Labute approximate surface area is 128 Å². The fraction of sp³-hybridized carbons (Fsp3) is 0.235. The van der Waals surface area contributed by atoms with Crippen LogP contribution in [-0.2, 0) is 6.42 Å². The number of hydrogen-bond donors (Lipinski definition) is 2. The number of aliphatic hydroxyl groups is 1. The van der Waals surface area contributed by atoms with Crippen molar-refractivity contribution in [3.05, 3.63) is 51.7 Å². The number of thiophene rings is 1. The highest BCUT2D eigenvalue weighted by Crippen LogP contribution is 2.18. The number of aliphatic hydroxyl groups excluding tert-OH is 1. The molecule has 1 heterocycles. The van der Waals surface area contributed by atoms with Crippen molar-refractivity contribution in [3.8, 4) is 11.8 Å². The van der Waals surface area contributed by atoms with Crippen LogP contribution in [0.2, 0.25) is 0 Å². The molecule has 0 aliphatic rings. The van der Waals surface area contributed by atoms with Gasteiger partial charge in [-0.15, -0.1) is 11.3 Å². The topological polar surface area (TPSA) is 49.3 Å². The molecule has 1 aromatic carbocycles. The number of anilines is 1. The van der Waals surface area contributed by atoms with Gasteiger partial charge in [-0.05, 0) is 36.2 Å². The maximum Gasteiger partial charge on any atom is 0.265 e. The van der Waals surface area contributed by atoms with Gasteiger partial charge in [-0.3, -0.25) is 4.79 Å². The summed E-state index contributed by atoms with van der Waals surface area (Å²) in [4.78, 5) is 13.6. The number of amides is 1. The molecule has 4 heteroatoms. The second-order valence-corrected chi connectivity index (χ2v) is 5.53. The van der Waals surface area contributed by atoms with E-state index in [9.17, 15) is 4.79 Å². The monoisotopic (exact) mass is 299 g/mol. The summed E-state index contributed by atoms with van der Waals surface area (Å²) < 4.78 is 0. The van der Waals surface area contributed by atoms with Crippen molar-refractivity contribution < 1.29 is 9.90 Å². The van der Waals surface area contributed by atoms with Crippen LogP contribution in [0.4, 0.5) is 5.69 Å². The molecule has 21 heavy (non-hydrogen) atoms. The molecule has 0 spiro atoms. The van der Waals surface area contributed by atoms with Gasteiger partial charge in [-0.1, -0.05) is 30.9 Å². The van der Waals surface area contributed by atoms with Gasteiger partial charge < -0.3 is 10.4 Å². The first-order valence-corrected chi connectivity index (χ1v) is 7.64. The normalized spacial score (nSPS) is 9.81. The molecule has 0 fully saturated rings. The SMILES string of the molecule is CCc1ccc(NC(=O)c2ccc(C#CCCO)s2)cc1. The highest BCUT2D eigenvalue weighted by Gasteiger charge is 2.08. The van der Waals surface area contributed by atoms with E-state index in [0.717, 1.165) is 17.0 Å². The lowest BCUT2D eigenvalue weighted by Crippen LogP contribution is -2.09. The summed E-state index contributed by atoms with van der Waals surface area (Å²) in [6.07, 6.45) is 1.43. The van der Waals surface area contributed by atoms with Crippen LogP contribution < -0.4 is 5.32 Å². The van der Waals surface area contributed by atoms with Gasteiger partial charge in [0.15, 0.2) is 0 Å². The summed E-state index contributed by atoms with van der Waals surface area (Å²) >= 11 is 1.35. The van der Waals surface area contributed by atoms with E-state index in [4.69, 9.17) is 5.11 Å². The molecule has 1 amide bonds. The van der Waals surface area contributed by atoms with Crippen molar-refractivity contribution in [2.24, 2.45) is 0 Å². The summed E-state index contributed by atoms with van der Waals surface area (Å²) in [6.45, 7) is 2.15. The Kier molecular flexibility index (Phi) is 5.56. The second-order valence-electron chi connectivity index (χ2n) is 4.44. The van der Waals surface area contributed by atoms with Gasteiger partial charge in [-0.25, -0.2) is 0 Å². The summed E-state index contributed by atoms with van der Waals surface area (Å²) in [5.74, 6) is 5.65. The Morgan fingerprint density at radius 3 is 2.67 bits per heavy atom. The van der Waals surface area contributed by atoms with Crippen LogP contribution in [-0.4, -0.2) is 17.6 Å². The van der Waals surface area contributed by atoms with Crippen LogP contribution in [0, 0.1) is 11.8 Å². The van der Waals surface area contributed by atoms with Crippen molar-refractivity contribution in [2.75, 3.05) is 11.9 Å². The van der Waals surface area contributed by atoms with Crippen molar-refractivity contribution in [3.63, 3.8) is 0 Å². The fourth-order valence-electron chi connectivity index (χ4n) is 1.75. The molecule has 108 valence electrons. The standard InChI is InChI=1S/C17H17NO2S/c1-2-13-6-8-14(9-7-13)18-17(20)16-11-10-15(21-16)5-3-4-12-19/h6-11,19H,2,4,12H2,1H3,(H,18,20). The van der Waals surface area contributed by atoms with Crippen LogP contribution >= 0.6 is 11.3 Å². The van der Waals surface area contributed by atoms with Gasteiger partial charge in [0.05, 0.1) is 16.4 Å². The van der Waals surface area contributed by atoms with Gasteiger partial charge in [0, 0.05) is 12.1 Å². The first kappa shape index (κ1) is 15.3. The molecule has 0 bridgehead atoms. The largest absolute Gasteiger partial charge is 0.395 e. The van der Waals surface area contributed by atoms with Gasteiger partial charge in [-0.2, -0.15) is 0 Å². The molecule has 0 saturated carbocycles. The molecule has 3 nitrogen and oxygen atoms in total. The fourth-order valence-corrected chi connectivity index (χ4v) is 2.53. The number of aryl methyl sites for hydroxylation is 1. The lowest BCUT2D eigenvalue weighted by Gasteiger charge is -2.04. The number of nitrogens with one attached hydrogen (secondary N) is 1. The average molecular weight is 299 g/mol. The third-order valence-corrected chi connectivity index (χ3v) is 3.90. The zero-order valence-electron chi connectivity index (χ0n) is 11.8. The predicted octanol–water partition coefficient (Wildman–Crippen LogP) is 3.30. The van der Waals surface area contributed by atoms with Crippen LogP contribution in [0.5, 0.6) is 0 Å². The van der Waals surface area contributed by atoms with Gasteiger partial charge >= 0.3 is 0 Å². The van der Waals surface area contributed by atoms with Gasteiger partial charge in [0.2, 0.25) is 0 Å². The number of benzene rings is 1. The van der Waals surface area contributed by atoms with Crippen LogP contribution in [0.15, 0.2) is 36.4 Å². The van der Waals surface area contributed by atoms with Gasteiger partial charge in [0.1, 0.15) is 0 Å². The van der Waals surface area contributed by atoms with Crippen LogP contribution in [0.25, 0.3) is 0 Å². The highest BCUT2D eigenvalue weighted by atomic mass is 32.1. The quantitative estimate of drug-likeness (QED) is 0.851. The van der Waals surface area contributed by atoms with E-state index in [2.05, 4.69) is 24.1 Å². The predicted molar refractivity (Wildman–Crippen MR) is 86.7 cm³/mol. The van der Waals surface area contributed by atoms with E-state index in [1.54, 1.807) is 6.07 Å². The van der Waals surface area contributed by atoms with Crippen molar-refractivity contribution in [2.45, 2.75) is 19.8 Å². The van der Waals surface area contributed by atoms with E-state index in [1.165, 1.54) is 16.9 Å².